The number of likely N-dealkylation sites (tertiary alicyclic amines) is 1. The fourth-order valence-corrected chi connectivity index (χ4v) is 4.72. The number of amides is 1. The van der Waals surface area contributed by atoms with Gasteiger partial charge in [0.05, 0.1) is 11.1 Å². The van der Waals surface area contributed by atoms with Crippen LogP contribution in [0.15, 0.2) is 0 Å². The first kappa shape index (κ1) is 14.6. The monoisotopic (exact) mass is 381 g/mol. The Labute approximate surface area is 126 Å². The fourth-order valence-electron chi connectivity index (χ4n) is 3.08. The molecule has 0 radical (unpaired) electrons. The third kappa shape index (κ3) is 2.11. The number of hydrogen-bond acceptors (Lipinski definition) is 2. The minimum absolute atomic E-state index is 0.0756. The smallest absolute Gasteiger partial charge is 0.411 e. The van der Waals surface area contributed by atoms with Crippen LogP contribution in [0.4, 0.5) is 4.79 Å². The zero-order chi connectivity index (χ0) is 13.9. The first-order chi connectivity index (χ1) is 8.01. The quantitative estimate of drug-likeness (QED) is 0.466. The van der Waals surface area contributed by atoms with Crippen LogP contribution in [0.2, 0.25) is 0 Å². The summed E-state index contributed by atoms with van der Waals surface area (Å²) in [6.07, 6.45) is 1.73. The topological polar surface area (TPSA) is 29.3 Å². The van der Waals surface area contributed by atoms with Gasteiger partial charge in [-0.15, -0.1) is 0 Å². The highest BCUT2D eigenvalue weighted by Crippen LogP contribution is 2.62. The summed E-state index contributed by atoms with van der Waals surface area (Å²) < 4.78 is 5.51. The predicted octanol–water partition coefficient (Wildman–Crippen LogP) is 4.08. The average Bonchev–Trinajstić information content (AvgIpc) is 2.59. The van der Waals surface area contributed by atoms with E-state index < -0.39 is 5.60 Å². The zero-order valence-electron chi connectivity index (χ0n) is 11.6. The van der Waals surface area contributed by atoms with Gasteiger partial charge in [-0.1, -0.05) is 31.9 Å². The van der Waals surface area contributed by atoms with E-state index in [4.69, 9.17) is 4.74 Å². The molecule has 0 N–H and O–H groups in total. The Morgan fingerprint density at radius 3 is 1.89 bits per heavy atom. The second kappa shape index (κ2) is 4.11. The van der Waals surface area contributed by atoms with Crippen molar-refractivity contribution in [2.45, 2.75) is 73.8 Å². The van der Waals surface area contributed by atoms with Gasteiger partial charge in [0, 0.05) is 9.65 Å². The Hall–Kier alpha value is 0.230. The van der Waals surface area contributed by atoms with Gasteiger partial charge in [0.1, 0.15) is 5.60 Å². The lowest BCUT2D eigenvalue weighted by atomic mass is 9.82. The van der Waals surface area contributed by atoms with Gasteiger partial charge >= 0.3 is 6.09 Å². The first-order valence-corrected chi connectivity index (χ1v) is 8.16. The Balaban J connectivity index is 2.15. The van der Waals surface area contributed by atoms with Crippen LogP contribution in [0.5, 0.6) is 0 Å². The van der Waals surface area contributed by atoms with Crippen LogP contribution < -0.4 is 0 Å². The van der Waals surface area contributed by atoms with Crippen LogP contribution in [0.25, 0.3) is 0 Å². The number of nitrogens with zero attached hydrogens (tertiary/aromatic N) is 1. The van der Waals surface area contributed by atoms with E-state index in [0.29, 0.717) is 9.65 Å². The van der Waals surface area contributed by atoms with E-state index in [1.165, 1.54) is 0 Å². The van der Waals surface area contributed by atoms with Crippen LogP contribution in [-0.4, -0.2) is 37.3 Å². The van der Waals surface area contributed by atoms with Gasteiger partial charge in [-0.05, 0) is 47.5 Å². The first-order valence-electron chi connectivity index (χ1n) is 6.33. The van der Waals surface area contributed by atoms with E-state index in [1.807, 2.05) is 25.7 Å². The number of ether oxygens (including phenoxy) is 1. The predicted molar refractivity (Wildman–Crippen MR) is 79.5 cm³/mol. The Morgan fingerprint density at radius 2 is 1.56 bits per heavy atom. The van der Waals surface area contributed by atoms with Crippen molar-refractivity contribution in [3.8, 4) is 0 Å². The van der Waals surface area contributed by atoms with Crippen LogP contribution in [0, 0.1) is 0 Å². The van der Waals surface area contributed by atoms with Gasteiger partial charge in [0.25, 0.3) is 0 Å². The summed E-state index contributed by atoms with van der Waals surface area (Å²) in [5.41, 5.74) is -0.585. The fraction of sp³-hybridized carbons (Fsp3) is 0.923. The summed E-state index contributed by atoms with van der Waals surface area (Å²) >= 11 is 7.38. The molecule has 5 heteroatoms. The molecule has 2 rings (SSSR count). The number of hydrogen-bond donors (Lipinski definition) is 0. The highest BCUT2D eigenvalue weighted by molar-refractivity contribution is 9.12. The molecular formula is C13H21Br2NO2. The molecule has 1 saturated heterocycles. The molecule has 2 aliphatic rings. The van der Waals surface area contributed by atoms with Gasteiger partial charge in [-0.25, -0.2) is 4.79 Å². The number of fused-ring (bicyclic) bond motifs is 1. The molecule has 2 fully saturated rings. The van der Waals surface area contributed by atoms with Crippen molar-refractivity contribution in [3.63, 3.8) is 0 Å². The maximum atomic E-state index is 12.3. The maximum absolute atomic E-state index is 12.3. The molecule has 18 heavy (non-hydrogen) atoms. The van der Waals surface area contributed by atoms with Crippen molar-refractivity contribution in [2.24, 2.45) is 0 Å². The zero-order valence-corrected chi connectivity index (χ0v) is 14.8. The van der Waals surface area contributed by atoms with Gasteiger partial charge in [0.15, 0.2) is 0 Å². The molecule has 3 nitrogen and oxygen atoms in total. The lowest BCUT2D eigenvalue weighted by Gasteiger charge is -2.28. The molecule has 4 atom stereocenters. The highest BCUT2D eigenvalue weighted by Gasteiger charge is 2.74. The molecule has 0 unspecified atom stereocenters. The Morgan fingerprint density at radius 1 is 1.17 bits per heavy atom. The van der Waals surface area contributed by atoms with Crippen molar-refractivity contribution >= 4 is 38.0 Å². The van der Waals surface area contributed by atoms with E-state index in [0.717, 1.165) is 12.8 Å². The van der Waals surface area contributed by atoms with E-state index in [9.17, 15) is 4.79 Å². The second-order valence-electron chi connectivity index (χ2n) is 6.80. The molecule has 104 valence electrons. The molecule has 0 bridgehead atoms. The summed E-state index contributed by atoms with van der Waals surface area (Å²) in [5, 5.41) is 0. The molecule has 0 aromatic rings. The second-order valence-corrected chi connectivity index (χ2v) is 9.16. The molecule has 0 spiro atoms. The molecule has 1 saturated carbocycles. The van der Waals surface area contributed by atoms with Crippen molar-refractivity contribution in [2.75, 3.05) is 0 Å². The van der Waals surface area contributed by atoms with Crippen molar-refractivity contribution in [1.82, 2.24) is 4.90 Å². The SMILES string of the molecule is CC(C)(C)OC(=O)N1[C@]2(C)C[C@H](Br)[C@@H](Br)C[C@@]12C. The van der Waals surface area contributed by atoms with Crippen LogP contribution in [-0.2, 0) is 4.74 Å². The summed E-state index contributed by atoms with van der Waals surface area (Å²) in [5.74, 6) is 0. The normalized spacial score (nSPS) is 43.4. The number of rotatable bonds is 0. The van der Waals surface area contributed by atoms with Crippen LogP contribution >= 0.6 is 31.9 Å². The molecule has 1 aliphatic carbocycles. The largest absolute Gasteiger partial charge is 0.444 e. The summed E-state index contributed by atoms with van der Waals surface area (Å²) in [6, 6.07) is 0. The van der Waals surface area contributed by atoms with Gasteiger partial charge in [0.2, 0.25) is 0 Å². The Kier molecular flexibility index (Phi) is 3.34. The lowest BCUT2D eigenvalue weighted by Crippen LogP contribution is -2.36. The summed E-state index contributed by atoms with van der Waals surface area (Å²) in [6.45, 7) is 10.0. The molecule has 1 aliphatic heterocycles. The maximum Gasteiger partial charge on any atom is 0.411 e. The third-order valence-corrected chi connectivity index (χ3v) is 6.88. The minimum Gasteiger partial charge on any atom is -0.444 e. The van der Waals surface area contributed by atoms with E-state index in [-0.39, 0.29) is 17.2 Å². The number of alkyl halides is 2. The lowest BCUT2D eigenvalue weighted by molar-refractivity contribution is 0.0358. The molecule has 1 amide bonds. The Bertz CT molecular complexity index is 360. The van der Waals surface area contributed by atoms with Crippen LogP contribution in [0.1, 0.15) is 47.5 Å². The molecular weight excluding hydrogens is 362 g/mol. The highest BCUT2D eigenvalue weighted by atomic mass is 79.9. The minimum atomic E-state index is -0.433. The van der Waals surface area contributed by atoms with Crippen LogP contribution in [0.3, 0.4) is 0 Å². The summed E-state index contributed by atoms with van der Waals surface area (Å²) in [4.78, 5) is 15.0. The molecule has 0 aromatic heterocycles. The van der Waals surface area contributed by atoms with E-state index in [1.54, 1.807) is 0 Å². The van der Waals surface area contributed by atoms with Gasteiger partial charge in [-0.2, -0.15) is 0 Å². The standard InChI is InChI=1S/C13H21Br2NO2/c1-11(2,3)18-10(17)16-12(4)6-8(14)9(15)7-13(12,16)5/h8-9H,6-7H2,1-5H3/t8-,9-,12+,13+/m0/s1. The third-order valence-electron chi connectivity index (χ3n) is 4.25. The molecule has 0 aromatic carbocycles. The molecule has 1 heterocycles. The van der Waals surface area contributed by atoms with E-state index in [2.05, 4.69) is 45.7 Å². The van der Waals surface area contributed by atoms with Crippen molar-refractivity contribution in [1.29, 1.82) is 0 Å². The van der Waals surface area contributed by atoms with E-state index >= 15 is 0 Å². The van der Waals surface area contributed by atoms with Crippen molar-refractivity contribution in [3.05, 3.63) is 0 Å². The van der Waals surface area contributed by atoms with Gasteiger partial charge in [-0.3, -0.25) is 4.90 Å². The summed E-state index contributed by atoms with van der Waals surface area (Å²) in [7, 11) is 0. The average molecular weight is 383 g/mol. The van der Waals surface area contributed by atoms with Crippen molar-refractivity contribution < 1.29 is 9.53 Å². The van der Waals surface area contributed by atoms with Gasteiger partial charge < -0.3 is 4.74 Å². The number of halogens is 2. The number of carbonyl (C=O) groups is 1. The number of carbonyl (C=O) groups excluding carboxylic acids is 1.